The zero-order valence-corrected chi connectivity index (χ0v) is 10.6. The first kappa shape index (κ1) is 13.1. The van der Waals surface area contributed by atoms with E-state index in [2.05, 4.69) is 20.3 Å². The van der Waals surface area contributed by atoms with E-state index in [1.807, 2.05) is 35.8 Å². The normalized spacial score (nSPS) is 10.9. The maximum Gasteiger partial charge on any atom is 0.199 e. The number of benzene rings is 1. The Morgan fingerprint density at radius 1 is 1.21 bits per heavy atom. The average Bonchev–Trinajstić information content (AvgIpc) is 2.47. The molecule has 0 atom stereocenters. The van der Waals surface area contributed by atoms with Gasteiger partial charge in [0.2, 0.25) is 0 Å². The number of para-hydroxylation sites is 1. The van der Waals surface area contributed by atoms with E-state index in [-0.39, 0.29) is 10.9 Å². The van der Waals surface area contributed by atoms with Crippen LogP contribution in [-0.4, -0.2) is 26.1 Å². The van der Waals surface area contributed by atoms with Crippen LogP contribution in [0.2, 0.25) is 0 Å². The second-order valence-electron chi connectivity index (χ2n) is 3.46. The highest BCUT2D eigenvalue weighted by atomic mass is 32.1. The van der Waals surface area contributed by atoms with Gasteiger partial charge in [0.25, 0.3) is 0 Å². The van der Waals surface area contributed by atoms with Crippen molar-refractivity contribution in [3.63, 3.8) is 0 Å². The minimum Gasteiger partial charge on any atom is -0.331 e. The van der Waals surface area contributed by atoms with Crippen LogP contribution in [0.3, 0.4) is 0 Å². The van der Waals surface area contributed by atoms with Crippen LogP contribution < -0.4 is 10.8 Å². The van der Waals surface area contributed by atoms with Crippen LogP contribution in [0.15, 0.2) is 53.9 Å². The molecule has 7 heteroatoms. The molecule has 0 aliphatic rings. The van der Waals surface area contributed by atoms with Crippen molar-refractivity contribution in [3.05, 3.63) is 54.6 Å². The van der Waals surface area contributed by atoms with Gasteiger partial charge in [-0.05, 0) is 24.4 Å². The smallest absolute Gasteiger partial charge is 0.199 e. The van der Waals surface area contributed by atoms with Crippen LogP contribution in [0.25, 0.3) is 0 Å². The molecule has 0 fully saturated rings. The molecule has 0 saturated heterocycles. The Labute approximate surface area is 115 Å². The van der Waals surface area contributed by atoms with Gasteiger partial charge in [-0.3, -0.25) is 15.7 Å². The first-order valence-corrected chi connectivity index (χ1v) is 5.81. The molecule has 0 aliphatic carbocycles. The SMILES string of the molecule is ON/C(=N\C(=S)Nc1ccccc1)c1cnccn1. The Kier molecular flexibility index (Phi) is 4.49. The van der Waals surface area contributed by atoms with E-state index in [0.717, 1.165) is 5.69 Å². The number of nitrogens with zero attached hydrogens (tertiary/aromatic N) is 3. The predicted octanol–water partition coefficient (Wildman–Crippen LogP) is 1.60. The summed E-state index contributed by atoms with van der Waals surface area (Å²) in [5, 5.41) is 12.2. The lowest BCUT2D eigenvalue weighted by molar-refractivity contribution is 0.235. The summed E-state index contributed by atoms with van der Waals surface area (Å²) >= 11 is 5.08. The topological polar surface area (TPSA) is 82.4 Å². The number of hydrogen-bond acceptors (Lipinski definition) is 4. The monoisotopic (exact) mass is 273 g/mol. The van der Waals surface area contributed by atoms with E-state index >= 15 is 0 Å². The highest BCUT2D eigenvalue weighted by Gasteiger charge is 2.05. The molecule has 1 aromatic carbocycles. The van der Waals surface area contributed by atoms with Crippen molar-refractivity contribution in [2.75, 3.05) is 5.32 Å². The van der Waals surface area contributed by atoms with Gasteiger partial charge in [0.05, 0.1) is 6.20 Å². The van der Waals surface area contributed by atoms with Crippen molar-refractivity contribution in [2.45, 2.75) is 0 Å². The van der Waals surface area contributed by atoms with Gasteiger partial charge in [0.1, 0.15) is 5.69 Å². The number of aromatic nitrogens is 2. The van der Waals surface area contributed by atoms with Gasteiger partial charge in [-0.25, -0.2) is 4.98 Å². The Morgan fingerprint density at radius 2 is 2.00 bits per heavy atom. The van der Waals surface area contributed by atoms with Crippen LogP contribution in [0, 0.1) is 0 Å². The van der Waals surface area contributed by atoms with Crippen molar-refractivity contribution >= 4 is 28.9 Å². The molecular weight excluding hydrogens is 262 g/mol. The van der Waals surface area contributed by atoms with Crippen LogP contribution in [0.5, 0.6) is 0 Å². The third-order valence-corrected chi connectivity index (χ3v) is 2.34. The largest absolute Gasteiger partial charge is 0.331 e. The standard InChI is InChI=1S/C12H11N5OS/c18-17-11(10-8-13-6-7-14-10)16-12(19)15-9-4-2-1-3-5-9/h1-8,18H,(H2,15,16,17,19). The molecule has 3 N–H and O–H groups in total. The lowest BCUT2D eigenvalue weighted by Crippen LogP contribution is -2.24. The van der Waals surface area contributed by atoms with Crippen molar-refractivity contribution in [2.24, 2.45) is 4.99 Å². The molecule has 0 aliphatic heterocycles. The van der Waals surface area contributed by atoms with Crippen molar-refractivity contribution < 1.29 is 5.21 Å². The number of rotatable bonds is 2. The maximum absolute atomic E-state index is 9.06. The summed E-state index contributed by atoms with van der Waals surface area (Å²) in [6, 6.07) is 9.37. The number of hydroxylamine groups is 1. The summed E-state index contributed by atoms with van der Waals surface area (Å²) < 4.78 is 0. The van der Waals surface area contributed by atoms with Gasteiger partial charge in [-0.1, -0.05) is 18.2 Å². The van der Waals surface area contributed by atoms with Crippen LogP contribution >= 0.6 is 12.2 Å². The highest BCUT2D eigenvalue weighted by molar-refractivity contribution is 7.80. The first-order valence-electron chi connectivity index (χ1n) is 5.41. The molecule has 1 heterocycles. The Balaban J connectivity index is 2.13. The second kappa shape index (κ2) is 6.53. The number of aliphatic imine (C=N–C) groups is 1. The van der Waals surface area contributed by atoms with E-state index in [1.165, 1.54) is 18.6 Å². The minimum atomic E-state index is 0.126. The molecule has 2 rings (SSSR count). The average molecular weight is 273 g/mol. The van der Waals surface area contributed by atoms with Crippen LogP contribution in [0.1, 0.15) is 5.69 Å². The molecule has 0 saturated carbocycles. The number of nitrogens with one attached hydrogen (secondary N) is 2. The van der Waals surface area contributed by atoms with E-state index in [0.29, 0.717) is 5.69 Å². The quantitative estimate of drug-likeness (QED) is 0.334. The van der Waals surface area contributed by atoms with E-state index in [9.17, 15) is 0 Å². The molecule has 0 bridgehead atoms. The predicted molar refractivity (Wildman–Crippen MR) is 76.2 cm³/mol. The van der Waals surface area contributed by atoms with E-state index < -0.39 is 0 Å². The number of hydrogen-bond donors (Lipinski definition) is 3. The Morgan fingerprint density at radius 3 is 2.63 bits per heavy atom. The van der Waals surface area contributed by atoms with E-state index in [4.69, 9.17) is 17.4 Å². The highest BCUT2D eigenvalue weighted by Crippen LogP contribution is 2.05. The summed E-state index contributed by atoms with van der Waals surface area (Å²) in [4.78, 5) is 11.9. The molecule has 96 valence electrons. The third-order valence-electron chi connectivity index (χ3n) is 2.15. The molecule has 0 unspecified atom stereocenters. The van der Waals surface area contributed by atoms with Gasteiger partial charge in [0, 0.05) is 18.1 Å². The fourth-order valence-corrected chi connectivity index (χ4v) is 1.54. The lowest BCUT2D eigenvalue weighted by Gasteiger charge is -2.06. The van der Waals surface area contributed by atoms with Crippen molar-refractivity contribution in [1.82, 2.24) is 15.4 Å². The molecule has 6 nitrogen and oxygen atoms in total. The zero-order chi connectivity index (χ0) is 13.5. The van der Waals surface area contributed by atoms with Gasteiger partial charge in [0.15, 0.2) is 10.9 Å². The van der Waals surface area contributed by atoms with Crippen molar-refractivity contribution in [1.29, 1.82) is 0 Å². The molecule has 0 amide bonds. The fourth-order valence-electron chi connectivity index (χ4n) is 1.34. The molecule has 0 radical (unpaired) electrons. The van der Waals surface area contributed by atoms with Gasteiger partial charge >= 0.3 is 0 Å². The summed E-state index contributed by atoms with van der Waals surface area (Å²) in [6.07, 6.45) is 4.49. The molecule has 1 aromatic heterocycles. The molecule has 0 spiro atoms. The van der Waals surface area contributed by atoms with Crippen LogP contribution in [-0.2, 0) is 0 Å². The first-order chi connectivity index (χ1) is 9.29. The summed E-state index contributed by atoms with van der Waals surface area (Å²) in [6.45, 7) is 0. The van der Waals surface area contributed by atoms with E-state index in [1.54, 1.807) is 0 Å². The Hall–Kier alpha value is -2.38. The maximum atomic E-state index is 9.06. The Bertz CT molecular complexity index is 573. The third kappa shape index (κ3) is 3.80. The van der Waals surface area contributed by atoms with Gasteiger partial charge < -0.3 is 5.32 Å². The van der Waals surface area contributed by atoms with Gasteiger partial charge in [-0.15, -0.1) is 0 Å². The lowest BCUT2D eigenvalue weighted by atomic mass is 10.3. The zero-order valence-electron chi connectivity index (χ0n) is 9.82. The number of anilines is 1. The number of thiocarbonyl (C=S) groups is 1. The summed E-state index contributed by atoms with van der Waals surface area (Å²) in [5.41, 5.74) is 3.16. The van der Waals surface area contributed by atoms with Crippen molar-refractivity contribution in [3.8, 4) is 0 Å². The summed E-state index contributed by atoms with van der Waals surface area (Å²) in [5.74, 6) is 0.126. The van der Waals surface area contributed by atoms with Crippen LogP contribution in [0.4, 0.5) is 5.69 Å². The second-order valence-corrected chi connectivity index (χ2v) is 3.85. The molecule has 2 aromatic rings. The van der Waals surface area contributed by atoms with Gasteiger partial charge in [-0.2, -0.15) is 4.99 Å². The molecule has 19 heavy (non-hydrogen) atoms. The fraction of sp³-hybridized carbons (Fsp3) is 0. The minimum absolute atomic E-state index is 0.126. The molecular formula is C12H11N5OS. The summed E-state index contributed by atoms with van der Waals surface area (Å²) in [7, 11) is 0. The number of amidine groups is 1.